The van der Waals surface area contributed by atoms with E-state index >= 15 is 0 Å². The standard InChI is InChI=1S/C14H27B/c1-4-6-10-13(3,9-5-2)14(15)11-7-8-12-14/h4-12H2,1-3H3. The number of unbranched alkanes of at least 4 members (excludes halogenated alkanes) is 1. The van der Waals surface area contributed by atoms with Gasteiger partial charge in [-0.05, 0) is 18.3 Å². The lowest BCUT2D eigenvalue weighted by Gasteiger charge is -2.46. The van der Waals surface area contributed by atoms with E-state index in [4.69, 9.17) is 7.85 Å². The topological polar surface area (TPSA) is 0 Å². The van der Waals surface area contributed by atoms with Gasteiger partial charge in [0.2, 0.25) is 0 Å². The molecule has 0 aromatic rings. The van der Waals surface area contributed by atoms with E-state index in [0.29, 0.717) is 5.41 Å². The van der Waals surface area contributed by atoms with Crippen molar-refractivity contribution in [3.05, 3.63) is 0 Å². The molecule has 1 rings (SSSR count). The van der Waals surface area contributed by atoms with Gasteiger partial charge in [0.1, 0.15) is 0 Å². The second-order valence-electron chi connectivity index (χ2n) is 5.78. The second-order valence-corrected chi connectivity index (χ2v) is 5.78. The molecule has 0 aliphatic heterocycles. The van der Waals surface area contributed by atoms with Crippen molar-refractivity contribution in [2.75, 3.05) is 0 Å². The molecule has 1 aliphatic carbocycles. The van der Waals surface area contributed by atoms with Crippen LogP contribution in [0.25, 0.3) is 0 Å². The Morgan fingerprint density at radius 3 is 2.13 bits per heavy atom. The number of hydrogen-bond donors (Lipinski definition) is 0. The van der Waals surface area contributed by atoms with Gasteiger partial charge in [0.05, 0.1) is 7.85 Å². The minimum absolute atomic E-state index is 0.151. The second kappa shape index (κ2) is 5.41. The van der Waals surface area contributed by atoms with Gasteiger partial charge < -0.3 is 0 Å². The number of hydrogen-bond acceptors (Lipinski definition) is 0. The largest absolute Gasteiger partial charge is 0.0753 e. The molecule has 1 heteroatoms. The summed E-state index contributed by atoms with van der Waals surface area (Å²) in [6.07, 6.45) is 11.8. The third-order valence-electron chi connectivity index (χ3n) is 4.58. The first-order valence-electron chi connectivity index (χ1n) is 6.87. The van der Waals surface area contributed by atoms with Crippen LogP contribution in [-0.2, 0) is 0 Å². The Kier molecular flexibility index (Phi) is 4.74. The quantitative estimate of drug-likeness (QED) is 0.543. The average molecular weight is 206 g/mol. The van der Waals surface area contributed by atoms with E-state index in [9.17, 15) is 0 Å². The summed E-state index contributed by atoms with van der Waals surface area (Å²) in [7, 11) is 6.66. The van der Waals surface area contributed by atoms with E-state index in [2.05, 4.69) is 20.8 Å². The molecule has 1 fully saturated rings. The van der Waals surface area contributed by atoms with E-state index in [1.165, 1.54) is 57.8 Å². The van der Waals surface area contributed by atoms with E-state index in [1.54, 1.807) is 0 Å². The molecule has 0 saturated heterocycles. The fourth-order valence-corrected chi connectivity index (χ4v) is 3.35. The molecule has 0 bridgehead atoms. The van der Waals surface area contributed by atoms with Crippen LogP contribution in [0, 0.1) is 5.41 Å². The van der Waals surface area contributed by atoms with Crippen LogP contribution in [0.1, 0.15) is 78.6 Å². The van der Waals surface area contributed by atoms with Crippen molar-refractivity contribution in [2.24, 2.45) is 5.41 Å². The highest BCUT2D eigenvalue weighted by Gasteiger charge is 2.43. The summed E-state index contributed by atoms with van der Waals surface area (Å²) in [5.41, 5.74) is 0.397. The zero-order chi connectivity index (χ0) is 11.4. The van der Waals surface area contributed by atoms with E-state index in [1.807, 2.05) is 0 Å². The molecular weight excluding hydrogens is 179 g/mol. The molecule has 0 aromatic carbocycles. The summed E-state index contributed by atoms with van der Waals surface area (Å²) in [6, 6.07) is 0. The smallest absolute Gasteiger partial charge is 0.0654 e. The Labute approximate surface area is 97.6 Å². The van der Waals surface area contributed by atoms with Crippen LogP contribution in [-0.4, -0.2) is 7.85 Å². The van der Waals surface area contributed by atoms with Crippen molar-refractivity contribution in [2.45, 2.75) is 83.9 Å². The van der Waals surface area contributed by atoms with Crippen LogP contribution in [0.5, 0.6) is 0 Å². The average Bonchev–Trinajstić information content (AvgIpc) is 2.64. The SMILES string of the molecule is [B]C1(C(C)(CCC)CCCC)CCCC1. The molecule has 0 nitrogen and oxygen atoms in total. The maximum Gasteiger partial charge on any atom is 0.0753 e. The van der Waals surface area contributed by atoms with Gasteiger partial charge in [0.25, 0.3) is 0 Å². The third kappa shape index (κ3) is 2.79. The van der Waals surface area contributed by atoms with Crippen LogP contribution < -0.4 is 0 Å². The molecule has 1 atom stereocenters. The first-order valence-corrected chi connectivity index (χ1v) is 6.87. The maximum absolute atomic E-state index is 6.66. The molecule has 0 heterocycles. The molecule has 1 saturated carbocycles. The maximum atomic E-state index is 6.66. The highest BCUT2D eigenvalue weighted by atomic mass is 14.5. The molecule has 0 spiro atoms. The highest BCUT2D eigenvalue weighted by Crippen LogP contribution is 2.59. The van der Waals surface area contributed by atoms with Crippen molar-refractivity contribution in [1.82, 2.24) is 0 Å². The fourth-order valence-electron chi connectivity index (χ4n) is 3.35. The van der Waals surface area contributed by atoms with Crippen molar-refractivity contribution < 1.29 is 0 Å². The Bertz CT molecular complexity index is 182. The minimum atomic E-state index is 0.151. The summed E-state index contributed by atoms with van der Waals surface area (Å²) in [6.45, 7) is 7.02. The summed E-state index contributed by atoms with van der Waals surface area (Å²) in [5.74, 6) is 0. The molecule has 0 aromatic heterocycles. The predicted octanol–water partition coefficient (Wildman–Crippen LogP) is 4.88. The molecule has 86 valence electrons. The monoisotopic (exact) mass is 206 g/mol. The van der Waals surface area contributed by atoms with Crippen LogP contribution in [0.15, 0.2) is 0 Å². The summed E-state index contributed by atoms with van der Waals surface area (Å²) < 4.78 is 0. The van der Waals surface area contributed by atoms with Gasteiger partial charge in [0.15, 0.2) is 0 Å². The van der Waals surface area contributed by atoms with Crippen LogP contribution in [0.3, 0.4) is 0 Å². The first-order chi connectivity index (χ1) is 7.08. The molecule has 1 unspecified atom stereocenters. The van der Waals surface area contributed by atoms with Crippen molar-refractivity contribution in [1.29, 1.82) is 0 Å². The Morgan fingerprint density at radius 2 is 1.67 bits per heavy atom. The molecular formula is C14H27B. The van der Waals surface area contributed by atoms with Crippen molar-refractivity contribution in [3.8, 4) is 0 Å². The normalized spacial score (nSPS) is 23.9. The van der Waals surface area contributed by atoms with Crippen molar-refractivity contribution >= 4 is 7.85 Å². The van der Waals surface area contributed by atoms with Crippen LogP contribution >= 0.6 is 0 Å². The van der Waals surface area contributed by atoms with Crippen LogP contribution in [0.4, 0.5) is 0 Å². The zero-order valence-electron chi connectivity index (χ0n) is 10.9. The van der Waals surface area contributed by atoms with Gasteiger partial charge >= 0.3 is 0 Å². The van der Waals surface area contributed by atoms with Crippen LogP contribution in [0.2, 0.25) is 5.31 Å². The predicted molar refractivity (Wildman–Crippen MR) is 69.5 cm³/mol. The highest BCUT2D eigenvalue weighted by molar-refractivity contribution is 6.16. The van der Waals surface area contributed by atoms with Gasteiger partial charge in [-0.1, -0.05) is 71.0 Å². The van der Waals surface area contributed by atoms with Gasteiger partial charge in [-0.3, -0.25) is 0 Å². The Hall–Kier alpha value is 0.0649. The van der Waals surface area contributed by atoms with Crippen molar-refractivity contribution in [3.63, 3.8) is 0 Å². The van der Waals surface area contributed by atoms with E-state index in [0.717, 1.165) is 0 Å². The summed E-state index contributed by atoms with van der Waals surface area (Å²) in [5, 5.41) is 0.151. The number of rotatable bonds is 6. The third-order valence-corrected chi connectivity index (χ3v) is 4.58. The Morgan fingerprint density at radius 1 is 1.07 bits per heavy atom. The minimum Gasteiger partial charge on any atom is -0.0654 e. The fraction of sp³-hybridized carbons (Fsp3) is 1.00. The lowest BCUT2D eigenvalue weighted by Crippen LogP contribution is -2.32. The molecule has 15 heavy (non-hydrogen) atoms. The molecule has 0 N–H and O–H groups in total. The first kappa shape index (κ1) is 13.1. The van der Waals surface area contributed by atoms with E-state index < -0.39 is 0 Å². The van der Waals surface area contributed by atoms with Gasteiger partial charge in [-0.15, -0.1) is 0 Å². The molecule has 1 aliphatic rings. The Balaban J connectivity index is 2.69. The van der Waals surface area contributed by atoms with Gasteiger partial charge in [-0.25, -0.2) is 0 Å². The lowest BCUT2D eigenvalue weighted by molar-refractivity contribution is 0.166. The summed E-state index contributed by atoms with van der Waals surface area (Å²) in [4.78, 5) is 0. The van der Waals surface area contributed by atoms with E-state index in [-0.39, 0.29) is 5.31 Å². The van der Waals surface area contributed by atoms with Gasteiger partial charge in [-0.2, -0.15) is 0 Å². The molecule has 0 amide bonds. The summed E-state index contributed by atoms with van der Waals surface area (Å²) >= 11 is 0. The zero-order valence-corrected chi connectivity index (χ0v) is 10.9. The molecule has 2 radical (unpaired) electrons. The lowest BCUT2D eigenvalue weighted by atomic mass is 9.49. The van der Waals surface area contributed by atoms with Gasteiger partial charge in [0, 0.05) is 0 Å².